The van der Waals surface area contributed by atoms with Crippen LogP contribution in [0.3, 0.4) is 0 Å². The molecule has 0 bridgehead atoms. The summed E-state index contributed by atoms with van der Waals surface area (Å²) in [6.07, 6.45) is 1.67. The van der Waals surface area contributed by atoms with Gasteiger partial charge in [-0.3, -0.25) is 9.69 Å². The normalized spacial score (nSPS) is 16.3. The average molecular weight is 407 g/mol. The Morgan fingerprint density at radius 2 is 1.96 bits per heavy atom. The van der Waals surface area contributed by atoms with Crippen molar-refractivity contribution in [3.05, 3.63) is 35.2 Å². The smallest absolute Gasteiger partial charge is 0.251 e. The van der Waals surface area contributed by atoms with Gasteiger partial charge in [0.1, 0.15) is 6.10 Å². The number of hydrogen-bond acceptors (Lipinski definition) is 6. The third kappa shape index (κ3) is 5.53. The highest BCUT2D eigenvalue weighted by Gasteiger charge is 2.26. The van der Waals surface area contributed by atoms with E-state index < -0.39 is 0 Å². The van der Waals surface area contributed by atoms with Crippen LogP contribution in [0.15, 0.2) is 28.8 Å². The number of amides is 1. The second kappa shape index (κ2) is 10.0. The maximum absolute atomic E-state index is 12.5. The van der Waals surface area contributed by atoms with Gasteiger partial charge in [-0.05, 0) is 37.6 Å². The molecule has 2 heterocycles. The lowest BCUT2D eigenvalue weighted by Gasteiger charge is -2.35. The number of aromatic nitrogens is 2. The Morgan fingerprint density at radius 1 is 1.25 bits per heavy atom. The zero-order valence-electron chi connectivity index (χ0n) is 16.4. The zero-order valence-corrected chi connectivity index (χ0v) is 17.2. The maximum Gasteiger partial charge on any atom is 0.251 e. The monoisotopic (exact) mass is 406 g/mol. The van der Waals surface area contributed by atoms with Crippen LogP contribution in [0, 0.1) is 0 Å². The third-order valence-corrected chi connectivity index (χ3v) is 5.08. The first-order valence-corrected chi connectivity index (χ1v) is 10.2. The number of hydrogen-bond donors (Lipinski definition) is 0. The van der Waals surface area contributed by atoms with E-state index in [0.29, 0.717) is 43.0 Å². The van der Waals surface area contributed by atoms with Gasteiger partial charge in [-0.1, -0.05) is 30.1 Å². The molecule has 8 heteroatoms. The number of rotatable bonds is 8. The van der Waals surface area contributed by atoms with Crippen LogP contribution in [0.25, 0.3) is 11.4 Å². The Hall–Kier alpha value is -1.96. The van der Waals surface area contributed by atoms with Crippen LogP contribution in [0.5, 0.6) is 0 Å². The molecule has 0 N–H and O–H groups in total. The molecule has 0 saturated carbocycles. The van der Waals surface area contributed by atoms with Crippen LogP contribution in [-0.2, 0) is 16.1 Å². The van der Waals surface area contributed by atoms with Gasteiger partial charge in [0.15, 0.2) is 0 Å². The van der Waals surface area contributed by atoms with E-state index in [-0.39, 0.29) is 12.0 Å². The lowest BCUT2D eigenvalue weighted by Crippen LogP contribution is -2.51. The van der Waals surface area contributed by atoms with E-state index in [1.54, 1.807) is 12.1 Å². The molecule has 1 atom stereocenters. The molecule has 1 unspecified atom stereocenters. The highest BCUT2D eigenvalue weighted by molar-refractivity contribution is 6.30. The fraction of sp³-hybridized carbons (Fsp3) is 0.550. The molecule has 7 nitrogen and oxygen atoms in total. The molecule has 152 valence electrons. The number of ether oxygens (including phenoxy) is 1. The molecule has 2 aromatic rings. The summed E-state index contributed by atoms with van der Waals surface area (Å²) in [5, 5.41) is 4.72. The molecule has 1 aromatic carbocycles. The van der Waals surface area contributed by atoms with E-state index in [1.807, 2.05) is 24.0 Å². The summed E-state index contributed by atoms with van der Waals surface area (Å²) in [6, 6.07) is 7.34. The lowest BCUT2D eigenvalue weighted by molar-refractivity contribution is -0.144. The van der Waals surface area contributed by atoms with Gasteiger partial charge in [0.05, 0.1) is 6.54 Å². The summed E-state index contributed by atoms with van der Waals surface area (Å²) >= 11 is 5.91. The minimum atomic E-state index is -0.379. The second-order valence-corrected chi connectivity index (χ2v) is 7.42. The number of unbranched alkanes of at least 4 members (excludes halogenated alkanes) is 1. The van der Waals surface area contributed by atoms with Crippen LogP contribution in [-0.4, -0.2) is 64.7 Å². The summed E-state index contributed by atoms with van der Waals surface area (Å²) in [6.45, 7) is 8.05. The summed E-state index contributed by atoms with van der Waals surface area (Å²) in [5.74, 6) is 1.19. The Labute approximate surface area is 170 Å². The number of carbonyl (C=O) groups excluding carboxylic acids is 1. The van der Waals surface area contributed by atoms with E-state index in [4.69, 9.17) is 20.9 Å². The van der Waals surface area contributed by atoms with E-state index in [0.717, 1.165) is 31.5 Å². The molecule has 1 saturated heterocycles. The summed E-state index contributed by atoms with van der Waals surface area (Å²) in [4.78, 5) is 21.0. The van der Waals surface area contributed by atoms with Crippen molar-refractivity contribution in [2.75, 3.05) is 32.8 Å². The second-order valence-electron chi connectivity index (χ2n) is 6.99. The van der Waals surface area contributed by atoms with Gasteiger partial charge in [-0.15, -0.1) is 0 Å². The molecule has 1 aromatic heterocycles. The molecule has 28 heavy (non-hydrogen) atoms. The van der Waals surface area contributed by atoms with E-state index in [1.165, 1.54) is 0 Å². The van der Waals surface area contributed by atoms with Crippen molar-refractivity contribution >= 4 is 17.5 Å². The van der Waals surface area contributed by atoms with Crippen LogP contribution < -0.4 is 0 Å². The first kappa shape index (κ1) is 20.8. The number of halogens is 1. The minimum Gasteiger partial charge on any atom is -0.369 e. The number of piperazine rings is 1. The Kier molecular flexibility index (Phi) is 7.42. The number of nitrogens with zero attached hydrogens (tertiary/aromatic N) is 4. The molecule has 1 aliphatic rings. The van der Waals surface area contributed by atoms with Gasteiger partial charge in [-0.2, -0.15) is 4.98 Å². The fourth-order valence-corrected chi connectivity index (χ4v) is 3.21. The van der Waals surface area contributed by atoms with Crippen LogP contribution in [0.4, 0.5) is 0 Å². The van der Waals surface area contributed by atoms with Crippen molar-refractivity contribution in [1.29, 1.82) is 0 Å². The molecule has 3 rings (SSSR count). The van der Waals surface area contributed by atoms with Gasteiger partial charge in [0.2, 0.25) is 11.7 Å². The van der Waals surface area contributed by atoms with Crippen molar-refractivity contribution in [1.82, 2.24) is 19.9 Å². The SMILES string of the molecule is CCCCOC(C)C(=O)N1CCN(Cc2nc(-c3ccc(Cl)cc3)no2)CC1. The molecule has 1 aliphatic heterocycles. The van der Waals surface area contributed by atoms with Crippen molar-refractivity contribution in [3.63, 3.8) is 0 Å². The highest BCUT2D eigenvalue weighted by Crippen LogP contribution is 2.19. The predicted molar refractivity (Wildman–Crippen MR) is 107 cm³/mol. The van der Waals surface area contributed by atoms with Crippen molar-refractivity contribution in [2.45, 2.75) is 39.3 Å². The fourth-order valence-electron chi connectivity index (χ4n) is 3.09. The maximum atomic E-state index is 12.5. The van der Waals surface area contributed by atoms with Gasteiger partial charge >= 0.3 is 0 Å². The molecular formula is C20H27ClN4O3. The molecular weight excluding hydrogens is 380 g/mol. The summed E-state index contributed by atoms with van der Waals surface area (Å²) in [7, 11) is 0. The molecule has 1 amide bonds. The first-order valence-electron chi connectivity index (χ1n) is 9.78. The predicted octanol–water partition coefficient (Wildman–Crippen LogP) is 3.24. The van der Waals surface area contributed by atoms with Crippen molar-refractivity contribution in [3.8, 4) is 11.4 Å². The van der Waals surface area contributed by atoms with Gasteiger partial charge < -0.3 is 14.2 Å². The highest BCUT2D eigenvalue weighted by atomic mass is 35.5. The topological polar surface area (TPSA) is 71.7 Å². The van der Waals surface area contributed by atoms with Crippen LogP contribution in [0.2, 0.25) is 5.02 Å². The minimum absolute atomic E-state index is 0.0681. The quantitative estimate of drug-likeness (QED) is 0.627. The van der Waals surface area contributed by atoms with Gasteiger partial charge in [0.25, 0.3) is 5.91 Å². The van der Waals surface area contributed by atoms with Crippen molar-refractivity contribution < 1.29 is 14.1 Å². The van der Waals surface area contributed by atoms with E-state index in [9.17, 15) is 4.79 Å². The molecule has 0 aliphatic carbocycles. The Balaban J connectivity index is 1.47. The number of benzene rings is 1. The molecule has 0 radical (unpaired) electrons. The molecule has 0 spiro atoms. The van der Waals surface area contributed by atoms with Crippen LogP contribution >= 0.6 is 11.6 Å². The average Bonchev–Trinajstić information content (AvgIpc) is 3.17. The van der Waals surface area contributed by atoms with Crippen molar-refractivity contribution in [2.24, 2.45) is 0 Å². The molecule has 1 fully saturated rings. The first-order chi connectivity index (χ1) is 13.6. The standard InChI is InChI=1S/C20H27ClN4O3/c1-3-4-13-27-15(2)20(26)25-11-9-24(10-12-25)14-18-22-19(23-28-18)16-5-7-17(21)8-6-16/h5-8,15H,3-4,9-14H2,1-2H3. The number of carbonyl (C=O) groups is 1. The lowest BCUT2D eigenvalue weighted by atomic mass is 10.2. The van der Waals surface area contributed by atoms with Gasteiger partial charge in [-0.25, -0.2) is 0 Å². The Bertz CT molecular complexity index is 757. The Morgan fingerprint density at radius 3 is 2.64 bits per heavy atom. The largest absolute Gasteiger partial charge is 0.369 e. The third-order valence-electron chi connectivity index (χ3n) is 4.83. The van der Waals surface area contributed by atoms with Crippen LogP contribution in [0.1, 0.15) is 32.6 Å². The summed E-state index contributed by atoms with van der Waals surface area (Å²) < 4.78 is 11.0. The summed E-state index contributed by atoms with van der Waals surface area (Å²) in [5.41, 5.74) is 0.867. The van der Waals surface area contributed by atoms with E-state index in [2.05, 4.69) is 22.0 Å². The van der Waals surface area contributed by atoms with E-state index >= 15 is 0 Å². The zero-order chi connectivity index (χ0) is 19.9. The van der Waals surface area contributed by atoms with Gasteiger partial charge in [0, 0.05) is 43.4 Å².